The normalized spacial score (nSPS) is 22.1. The van der Waals surface area contributed by atoms with Gasteiger partial charge in [-0.25, -0.2) is 0 Å². The number of hydrogen-bond donors (Lipinski definition) is 0. The highest BCUT2D eigenvalue weighted by atomic mass is 16.7. The molecule has 1 aromatic rings. The lowest BCUT2D eigenvalue weighted by atomic mass is 10.0. The Morgan fingerprint density at radius 1 is 1.33 bits per heavy atom. The first-order valence-corrected chi connectivity index (χ1v) is 6.38. The van der Waals surface area contributed by atoms with Crippen molar-refractivity contribution in [1.29, 1.82) is 0 Å². The molecule has 3 heteroatoms. The first-order chi connectivity index (χ1) is 8.46. The molecule has 0 spiro atoms. The van der Waals surface area contributed by atoms with Crippen molar-refractivity contribution in [3.05, 3.63) is 35.4 Å². The minimum Gasteiger partial charge on any atom is -0.348 e. The van der Waals surface area contributed by atoms with Crippen molar-refractivity contribution in [3.63, 3.8) is 0 Å². The fourth-order valence-electron chi connectivity index (χ4n) is 2.08. The standard InChI is InChI=1S/C15H20O3/c1-11-4-6-12(7-5-11)14(16)9-8-13-10-17-15(2,3)18-13/h4-7,13H,8-10H2,1-3H3. The predicted octanol–water partition coefficient (Wildman–Crippen LogP) is 3.11. The van der Waals surface area contributed by atoms with Crippen LogP contribution in [0, 0.1) is 6.92 Å². The molecule has 0 aromatic heterocycles. The quantitative estimate of drug-likeness (QED) is 0.768. The van der Waals surface area contributed by atoms with Crippen molar-refractivity contribution >= 4 is 5.78 Å². The van der Waals surface area contributed by atoms with E-state index in [4.69, 9.17) is 9.47 Å². The summed E-state index contributed by atoms with van der Waals surface area (Å²) in [5, 5.41) is 0. The van der Waals surface area contributed by atoms with Crippen LogP contribution in [0.1, 0.15) is 42.6 Å². The maximum absolute atomic E-state index is 12.0. The summed E-state index contributed by atoms with van der Waals surface area (Å²) in [5.74, 6) is -0.333. The Balaban J connectivity index is 1.84. The number of Topliss-reactive ketones (excluding diaryl/α,β-unsaturated/α-hetero) is 1. The Bertz CT molecular complexity index is 420. The van der Waals surface area contributed by atoms with Gasteiger partial charge in [-0.3, -0.25) is 4.79 Å². The Hall–Kier alpha value is -1.19. The van der Waals surface area contributed by atoms with Gasteiger partial charge in [-0.15, -0.1) is 0 Å². The molecule has 1 heterocycles. The summed E-state index contributed by atoms with van der Waals surface area (Å²) >= 11 is 0. The third-order valence-corrected chi connectivity index (χ3v) is 3.13. The molecule has 0 bridgehead atoms. The van der Waals surface area contributed by atoms with Crippen LogP contribution in [0.25, 0.3) is 0 Å². The van der Waals surface area contributed by atoms with Crippen LogP contribution >= 0.6 is 0 Å². The van der Waals surface area contributed by atoms with E-state index in [1.54, 1.807) is 0 Å². The van der Waals surface area contributed by atoms with Crippen LogP contribution in [-0.4, -0.2) is 24.3 Å². The molecule has 0 radical (unpaired) electrons. The summed E-state index contributed by atoms with van der Waals surface area (Å²) in [4.78, 5) is 12.0. The largest absolute Gasteiger partial charge is 0.348 e. The van der Waals surface area contributed by atoms with Crippen molar-refractivity contribution in [3.8, 4) is 0 Å². The molecule has 1 aliphatic heterocycles. The Kier molecular flexibility index (Phi) is 3.83. The maximum Gasteiger partial charge on any atom is 0.163 e. The predicted molar refractivity (Wildman–Crippen MR) is 69.6 cm³/mol. The molecule has 0 N–H and O–H groups in total. The molecule has 1 atom stereocenters. The second kappa shape index (κ2) is 5.21. The Morgan fingerprint density at radius 3 is 2.56 bits per heavy atom. The van der Waals surface area contributed by atoms with Gasteiger partial charge < -0.3 is 9.47 Å². The van der Waals surface area contributed by atoms with Gasteiger partial charge in [-0.2, -0.15) is 0 Å². The SMILES string of the molecule is Cc1ccc(C(=O)CCC2COC(C)(C)O2)cc1. The zero-order valence-corrected chi connectivity index (χ0v) is 11.2. The van der Waals surface area contributed by atoms with E-state index in [1.807, 2.05) is 45.0 Å². The number of benzene rings is 1. The molecule has 1 fully saturated rings. The highest BCUT2D eigenvalue weighted by Gasteiger charge is 2.32. The van der Waals surface area contributed by atoms with Crippen LogP contribution in [0.5, 0.6) is 0 Å². The van der Waals surface area contributed by atoms with Crippen LogP contribution in [-0.2, 0) is 9.47 Å². The van der Waals surface area contributed by atoms with E-state index in [0.717, 1.165) is 12.0 Å². The van der Waals surface area contributed by atoms with E-state index in [-0.39, 0.29) is 11.9 Å². The van der Waals surface area contributed by atoms with Gasteiger partial charge >= 0.3 is 0 Å². The van der Waals surface area contributed by atoms with Crippen molar-refractivity contribution in [1.82, 2.24) is 0 Å². The summed E-state index contributed by atoms with van der Waals surface area (Å²) in [5.41, 5.74) is 1.94. The number of hydrogen-bond acceptors (Lipinski definition) is 3. The van der Waals surface area contributed by atoms with E-state index in [9.17, 15) is 4.79 Å². The van der Waals surface area contributed by atoms with E-state index < -0.39 is 5.79 Å². The van der Waals surface area contributed by atoms with Crippen molar-refractivity contribution in [2.75, 3.05) is 6.61 Å². The zero-order chi connectivity index (χ0) is 13.2. The molecule has 1 aliphatic rings. The summed E-state index contributed by atoms with van der Waals surface area (Å²) in [6.45, 7) is 6.39. The Morgan fingerprint density at radius 2 is 2.00 bits per heavy atom. The van der Waals surface area contributed by atoms with Crippen LogP contribution in [0.3, 0.4) is 0 Å². The van der Waals surface area contributed by atoms with E-state index in [2.05, 4.69) is 0 Å². The van der Waals surface area contributed by atoms with Crippen LogP contribution in [0.4, 0.5) is 0 Å². The smallest absolute Gasteiger partial charge is 0.163 e. The van der Waals surface area contributed by atoms with Gasteiger partial charge in [0, 0.05) is 12.0 Å². The first kappa shape index (κ1) is 13.2. The van der Waals surface area contributed by atoms with Gasteiger partial charge in [0.05, 0.1) is 12.7 Å². The van der Waals surface area contributed by atoms with Crippen LogP contribution in [0.15, 0.2) is 24.3 Å². The van der Waals surface area contributed by atoms with Crippen molar-refractivity contribution in [2.24, 2.45) is 0 Å². The van der Waals surface area contributed by atoms with Gasteiger partial charge in [0.15, 0.2) is 11.6 Å². The number of aryl methyl sites for hydroxylation is 1. The summed E-state index contributed by atoms with van der Waals surface area (Å²) in [6, 6.07) is 7.69. The third kappa shape index (κ3) is 3.40. The second-order valence-electron chi connectivity index (χ2n) is 5.28. The average Bonchev–Trinajstić information content (AvgIpc) is 2.67. The highest BCUT2D eigenvalue weighted by Crippen LogP contribution is 2.25. The maximum atomic E-state index is 12.0. The Labute approximate surface area is 108 Å². The van der Waals surface area contributed by atoms with Gasteiger partial charge in [-0.05, 0) is 27.2 Å². The lowest BCUT2D eigenvalue weighted by Gasteiger charge is -2.16. The lowest BCUT2D eigenvalue weighted by Crippen LogP contribution is -2.21. The van der Waals surface area contributed by atoms with E-state index in [1.165, 1.54) is 5.56 Å². The molecular weight excluding hydrogens is 228 g/mol. The molecule has 18 heavy (non-hydrogen) atoms. The molecule has 1 saturated heterocycles. The molecule has 1 aromatic carbocycles. The highest BCUT2D eigenvalue weighted by molar-refractivity contribution is 5.96. The fraction of sp³-hybridized carbons (Fsp3) is 0.533. The topological polar surface area (TPSA) is 35.5 Å². The number of carbonyl (C=O) groups excluding carboxylic acids is 1. The van der Waals surface area contributed by atoms with E-state index >= 15 is 0 Å². The summed E-state index contributed by atoms with van der Waals surface area (Å²) in [6.07, 6.45) is 1.26. The van der Waals surface area contributed by atoms with Gasteiger partial charge in [0.2, 0.25) is 0 Å². The summed E-state index contributed by atoms with van der Waals surface area (Å²) < 4.78 is 11.2. The molecule has 0 aliphatic carbocycles. The van der Waals surface area contributed by atoms with Crippen molar-refractivity contribution < 1.29 is 14.3 Å². The minimum absolute atomic E-state index is 0.0365. The molecule has 98 valence electrons. The molecule has 2 rings (SSSR count). The minimum atomic E-state index is -0.502. The van der Waals surface area contributed by atoms with E-state index in [0.29, 0.717) is 13.0 Å². The first-order valence-electron chi connectivity index (χ1n) is 6.38. The number of carbonyl (C=O) groups is 1. The molecule has 0 amide bonds. The van der Waals surface area contributed by atoms with Gasteiger partial charge in [0.25, 0.3) is 0 Å². The van der Waals surface area contributed by atoms with Crippen molar-refractivity contribution in [2.45, 2.75) is 45.5 Å². The zero-order valence-electron chi connectivity index (χ0n) is 11.2. The van der Waals surface area contributed by atoms with Crippen LogP contribution < -0.4 is 0 Å². The third-order valence-electron chi connectivity index (χ3n) is 3.13. The number of ketones is 1. The molecule has 3 nitrogen and oxygen atoms in total. The monoisotopic (exact) mass is 248 g/mol. The van der Waals surface area contributed by atoms with Gasteiger partial charge in [0.1, 0.15) is 0 Å². The summed E-state index contributed by atoms with van der Waals surface area (Å²) in [7, 11) is 0. The molecule has 0 saturated carbocycles. The number of rotatable bonds is 4. The van der Waals surface area contributed by atoms with Crippen LogP contribution in [0.2, 0.25) is 0 Å². The lowest BCUT2D eigenvalue weighted by molar-refractivity contribution is -0.138. The average molecular weight is 248 g/mol. The van der Waals surface area contributed by atoms with Gasteiger partial charge in [-0.1, -0.05) is 29.8 Å². The molecular formula is C15H20O3. The second-order valence-corrected chi connectivity index (χ2v) is 5.28. The molecule has 1 unspecified atom stereocenters. The fourth-order valence-corrected chi connectivity index (χ4v) is 2.08. The number of ether oxygens (including phenoxy) is 2.